The molecule has 2 unspecified atom stereocenters. The Bertz CT molecular complexity index is 296. The zero-order valence-corrected chi connectivity index (χ0v) is 8.75. The third kappa shape index (κ3) is 2.15. The summed E-state index contributed by atoms with van der Waals surface area (Å²) in [6, 6.07) is -0.283. The zero-order valence-electron chi connectivity index (χ0n) is 8.75. The number of aliphatic hydroxyl groups is 1. The van der Waals surface area contributed by atoms with Crippen LogP contribution in [-0.2, 0) is 0 Å². The second-order valence-electron chi connectivity index (χ2n) is 3.68. The predicted octanol–water partition coefficient (Wildman–Crippen LogP) is 0.341. The van der Waals surface area contributed by atoms with Crippen LogP contribution >= 0.6 is 0 Å². The van der Waals surface area contributed by atoms with Gasteiger partial charge in [-0.2, -0.15) is 0 Å². The number of aromatic amines is 1. The van der Waals surface area contributed by atoms with Gasteiger partial charge in [0.25, 0.3) is 0 Å². The fourth-order valence-corrected chi connectivity index (χ4v) is 1.51. The molecule has 0 saturated carbocycles. The van der Waals surface area contributed by atoms with Gasteiger partial charge < -0.3 is 21.6 Å². The van der Waals surface area contributed by atoms with E-state index in [-0.39, 0.29) is 6.04 Å². The first-order valence-electron chi connectivity index (χ1n) is 4.86. The van der Waals surface area contributed by atoms with E-state index in [2.05, 4.69) is 4.98 Å². The average molecular weight is 197 g/mol. The Labute approximate surface area is 84.3 Å². The molecule has 0 saturated heterocycles. The summed E-state index contributed by atoms with van der Waals surface area (Å²) >= 11 is 0. The largest absolute Gasteiger partial charge is 0.387 e. The third-order valence-electron chi connectivity index (χ3n) is 2.66. The number of aryl methyl sites for hydroxylation is 1. The quantitative estimate of drug-likeness (QED) is 0.561. The number of aromatic nitrogens is 1. The SMILES string of the molecule is Cc1[nH]cc(C(O)C(N)CCN)c1C. The Kier molecular flexibility index (Phi) is 3.69. The van der Waals surface area contributed by atoms with Crippen molar-refractivity contribution in [1.82, 2.24) is 4.98 Å². The van der Waals surface area contributed by atoms with Crippen molar-refractivity contribution in [3.05, 3.63) is 23.0 Å². The highest BCUT2D eigenvalue weighted by atomic mass is 16.3. The van der Waals surface area contributed by atoms with Gasteiger partial charge in [0.1, 0.15) is 0 Å². The van der Waals surface area contributed by atoms with Crippen molar-refractivity contribution in [3.8, 4) is 0 Å². The molecule has 1 heterocycles. The maximum atomic E-state index is 9.91. The van der Waals surface area contributed by atoms with Crippen LogP contribution in [0, 0.1) is 13.8 Å². The molecular formula is C10H19N3O. The van der Waals surface area contributed by atoms with Crippen LogP contribution in [-0.4, -0.2) is 22.7 Å². The van der Waals surface area contributed by atoms with Gasteiger partial charge in [-0.3, -0.25) is 0 Å². The van der Waals surface area contributed by atoms with Gasteiger partial charge in [0.15, 0.2) is 0 Å². The van der Waals surface area contributed by atoms with E-state index in [0.29, 0.717) is 13.0 Å². The van der Waals surface area contributed by atoms with Crippen LogP contribution < -0.4 is 11.5 Å². The van der Waals surface area contributed by atoms with Crippen molar-refractivity contribution < 1.29 is 5.11 Å². The predicted molar refractivity (Wildman–Crippen MR) is 56.9 cm³/mol. The summed E-state index contributed by atoms with van der Waals surface area (Å²) in [5.74, 6) is 0. The van der Waals surface area contributed by atoms with Crippen LogP contribution in [0.2, 0.25) is 0 Å². The second-order valence-corrected chi connectivity index (χ2v) is 3.68. The lowest BCUT2D eigenvalue weighted by Gasteiger charge is -2.18. The van der Waals surface area contributed by atoms with Crippen molar-refractivity contribution in [2.75, 3.05) is 6.54 Å². The molecule has 0 bridgehead atoms. The van der Waals surface area contributed by atoms with Crippen molar-refractivity contribution >= 4 is 0 Å². The Morgan fingerprint density at radius 1 is 1.50 bits per heavy atom. The van der Waals surface area contributed by atoms with Crippen molar-refractivity contribution in [2.24, 2.45) is 11.5 Å². The number of rotatable bonds is 4. The number of hydrogen-bond donors (Lipinski definition) is 4. The Morgan fingerprint density at radius 3 is 2.57 bits per heavy atom. The maximum absolute atomic E-state index is 9.91. The molecule has 1 rings (SSSR count). The lowest BCUT2D eigenvalue weighted by Crippen LogP contribution is -2.30. The van der Waals surface area contributed by atoms with E-state index in [0.717, 1.165) is 16.8 Å². The molecule has 4 nitrogen and oxygen atoms in total. The number of H-pyrrole nitrogens is 1. The van der Waals surface area contributed by atoms with Gasteiger partial charge >= 0.3 is 0 Å². The molecule has 0 radical (unpaired) electrons. The van der Waals surface area contributed by atoms with Gasteiger partial charge in [0.05, 0.1) is 6.10 Å². The Hall–Kier alpha value is -0.840. The van der Waals surface area contributed by atoms with Crippen molar-refractivity contribution in [1.29, 1.82) is 0 Å². The molecule has 2 atom stereocenters. The van der Waals surface area contributed by atoms with Crippen LogP contribution in [0.5, 0.6) is 0 Å². The normalized spacial score (nSPS) is 15.5. The van der Waals surface area contributed by atoms with Crippen molar-refractivity contribution in [3.63, 3.8) is 0 Å². The number of aliphatic hydroxyl groups excluding tert-OH is 1. The van der Waals surface area contributed by atoms with E-state index in [4.69, 9.17) is 11.5 Å². The van der Waals surface area contributed by atoms with Gasteiger partial charge in [-0.15, -0.1) is 0 Å². The van der Waals surface area contributed by atoms with E-state index in [1.54, 1.807) is 0 Å². The van der Waals surface area contributed by atoms with Gasteiger partial charge in [-0.1, -0.05) is 0 Å². The molecule has 1 aromatic rings. The fraction of sp³-hybridized carbons (Fsp3) is 0.600. The molecule has 0 aliphatic rings. The number of nitrogens with two attached hydrogens (primary N) is 2. The maximum Gasteiger partial charge on any atom is 0.0958 e. The molecular weight excluding hydrogens is 178 g/mol. The summed E-state index contributed by atoms with van der Waals surface area (Å²) in [5, 5.41) is 9.91. The summed E-state index contributed by atoms with van der Waals surface area (Å²) in [6.45, 7) is 4.44. The molecule has 6 N–H and O–H groups in total. The first-order chi connectivity index (χ1) is 6.57. The van der Waals surface area contributed by atoms with Gasteiger partial charge in [0, 0.05) is 23.5 Å². The highest BCUT2D eigenvalue weighted by Crippen LogP contribution is 2.22. The molecule has 4 heteroatoms. The molecule has 1 aromatic heterocycles. The Morgan fingerprint density at radius 2 is 2.14 bits per heavy atom. The molecule has 0 amide bonds. The third-order valence-corrected chi connectivity index (χ3v) is 2.66. The summed E-state index contributed by atoms with van der Waals surface area (Å²) in [7, 11) is 0. The minimum atomic E-state index is -0.622. The van der Waals surface area contributed by atoms with Crippen LogP contribution in [0.4, 0.5) is 0 Å². The highest BCUT2D eigenvalue weighted by Gasteiger charge is 2.19. The van der Waals surface area contributed by atoms with Gasteiger partial charge in [-0.25, -0.2) is 0 Å². The highest BCUT2D eigenvalue weighted by molar-refractivity contribution is 5.31. The van der Waals surface area contributed by atoms with E-state index in [1.165, 1.54) is 0 Å². The van der Waals surface area contributed by atoms with E-state index >= 15 is 0 Å². The average Bonchev–Trinajstić information content (AvgIpc) is 2.47. The number of nitrogens with one attached hydrogen (secondary N) is 1. The van der Waals surface area contributed by atoms with E-state index in [1.807, 2.05) is 20.0 Å². The summed E-state index contributed by atoms with van der Waals surface area (Å²) in [4.78, 5) is 3.07. The monoisotopic (exact) mass is 197 g/mol. The molecule has 0 fully saturated rings. The molecule has 0 aromatic carbocycles. The van der Waals surface area contributed by atoms with Crippen LogP contribution in [0.15, 0.2) is 6.20 Å². The molecule has 80 valence electrons. The number of hydrogen-bond acceptors (Lipinski definition) is 3. The van der Waals surface area contributed by atoms with Crippen LogP contribution in [0.1, 0.15) is 29.3 Å². The first kappa shape index (κ1) is 11.2. The first-order valence-corrected chi connectivity index (χ1v) is 4.86. The molecule has 0 aliphatic carbocycles. The fourth-order valence-electron chi connectivity index (χ4n) is 1.51. The minimum absolute atomic E-state index is 0.283. The van der Waals surface area contributed by atoms with E-state index in [9.17, 15) is 5.11 Å². The van der Waals surface area contributed by atoms with Crippen LogP contribution in [0.25, 0.3) is 0 Å². The summed E-state index contributed by atoms with van der Waals surface area (Å²) in [5.41, 5.74) is 14.2. The zero-order chi connectivity index (χ0) is 10.7. The van der Waals surface area contributed by atoms with Gasteiger partial charge in [0.2, 0.25) is 0 Å². The second kappa shape index (κ2) is 4.59. The topological polar surface area (TPSA) is 88.1 Å². The minimum Gasteiger partial charge on any atom is -0.387 e. The lowest BCUT2D eigenvalue weighted by atomic mass is 9.99. The van der Waals surface area contributed by atoms with Gasteiger partial charge in [-0.05, 0) is 32.4 Å². The smallest absolute Gasteiger partial charge is 0.0958 e. The molecule has 14 heavy (non-hydrogen) atoms. The molecule has 0 spiro atoms. The summed E-state index contributed by atoms with van der Waals surface area (Å²) < 4.78 is 0. The standard InChI is InChI=1S/C10H19N3O/c1-6-7(2)13-5-8(6)10(14)9(12)3-4-11/h5,9-10,13-14H,3-4,11-12H2,1-2H3. The van der Waals surface area contributed by atoms with Crippen molar-refractivity contribution in [2.45, 2.75) is 32.4 Å². The lowest BCUT2D eigenvalue weighted by molar-refractivity contribution is 0.143. The van der Waals surface area contributed by atoms with Crippen LogP contribution in [0.3, 0.4) is 0 Å². The van der Waals surface area contributed by atoms with E-state index < -0.39 is 6.10 Å². The summed E-state index contributed by atoms with van der Waals surface area (Å²) in [6.07, 6.45) is 1.82. The Balaban J connectivity index is 2.78. The molecule has 0 aliphatic heterocycles.